The maximum Gasteiger partial charge on any atom is 0.216 e. The molecule has 0 fully saturated rings. The maximum absolute atomic E-state index is 5.75. The Morgan fingerprint density at radius 3 is 2.47 bits per heavy atom. The second kappa shape index (κ2) is 6.06. The van der Waals surface area contributed by atoms with E-state index in [0.29, 0.717) is 29.7 Å². The molecule has 0 amide bonds. The second-order valence-corrected chi connectivity index (χ2v) is 3.86. The van der Waals surface area contributed by atoms with Crippen molar-refractivity contribution in [1.29, 1.82) is 0 Å². The number of aromatic nitrogens is 1. The highest BCUT2D eigenvalue weighted by Crippen LogP contribution is 2.28. The molecule has 0 aliphatic carbocycles. The average Bonchev–Trinajstić information content (AvgIpc) is 2.47. The molecular weight excluding hydrogens is 244 g/mol. The van der Waals surface area contributed by atoms with Crippen LogP contribution in [0.3, 0.4) is 0 Å². The molecule has 0 atom stereocenters. The van der Waals surface area contributed by atoms with Gasteiger partial charge in [-0.2, -0.15) is 0 Å². The molecule has 2 rings (SSSR count). The van der Waals surface area contributed by atoms with Gasteiger partial charge in [-0.3, -0.25) is 0 Å². The largest absolute Gasteiger partial charge is 0.497 e. The number of nitrogens with zero attached hydrogens (tertiary/aromatic N) is 1. The topological polar surface area (TPSA) is 66.6 Å². The summed E-state index contributed by atoms with van der Waals surface area (Å²) in [6.07, 6.45) is 1.62. The molecular formula is C14H16N2O3. The Hall–Kier alpha value is -2.27. The summed E-state index contributed by atoms with van der Waals surface area (Å²) in [6, 6.07) is 9.01. The van der Waals surface area contributed by atoms with Gasteiger partial charge in [-0.15, -0.1) is 0 Å². The molecule has 1 aromatic carbocycles. The van der Waals surface area contributed by atoms with Crippen LogP contribution in [0, 0.1) is 0 Å². The molecule has 0 radical (unpaired) electrons. The van der Waals surface area contributed by atoms with Crippen LogP contribution >= 0.6 is 0 Å². The SMILES string of the molecule is COc1cc(CN)cc(Oc2ccnc(OC)c2)c1. The van der Waals surface area contributed by atoms with Gasteiger partial charge in [-0.25, -0.2) is 4.98 Å². The van der Waals surface area contributed by atoms with E-state index in [9.17, 15) is 0 Å². The number of nitrogens with two attached hydrogens (primary N) is 1. The van der Waals surface area contributed by atoms with E-state index in [4.69, 9.17) is 19.9 Å². The van der Waals surface area contributed by atoms with Crippen molar-refractivity contribution in [2.75, 3.05) is 14.2 Å². The minimum Gasteiger partial charge on any atom is -0.497 e. The van der Waals surface area contributed by atoms with Gasteiger partial charge in [-0.1, -0.05) is 0 Å². The summed E-state index contributed by atoms with van der Waals surface area (Å²) in [6.45, 7) is 0.424. The molecule has 19 heavy (non-hydrogen) atoms. The highest BCUT2D eigenvalue weighted by Gasteiger charge is 2.04. The third-order valence-corrected chi connectivity index (χ3v) is 2.56. The zero-order chi connectivity index (χ0) is 13.7. The summed E-state index contributed by atoms with van der Waals surface area (Å²) in [4.78, 5) is 4.02. The highest BCUT2D eigenvalue weighted by atomic mass is 16.5. The zero-order valence-corrected chi connectivity index (χ0v) is 10.9. The molecule has 0 bridgehead atoms. The first kappa shape index (κ1) is 13.2. The summed E-state index contributed by atoms with van der Waals surface area (Å²) < 4.78 is 16.0. The van der Waals surface area contributed by atoms with Gasteiger partial charge in [-0.05, 0) is 23.8 Å². The van der Waals surface area contributed by atoms with Gasteiger partial charge >= 0.3 is 0 Å². The number of benzene rings is 1. The standard InChI is InChI=1S/C14H16N2O3/c1-17-12-5-10(9-15)6-13(7-12)19-11-3-4-16-14(8-11)18-2/h3-8H,9,15H2,1-2H3. The van der Waals surface area contributed by atoms with Crippen LogP contribution in [-0.4, -0.2) is 19.2 Å². The zero-order valence-electron chi connectivity index (χ0n) is 10.9. The fourth-order valence-corrected chi connectivity index (χ4v) is 1.63. The van der Waals surface area contributed by atoms with Gasteiger partial charge < -0.3 is 19.9 Å². The third kappa shape index (κ3) is 3.35. The molecule has 2 aromatic rings. The van der Waals surface area contributed by atoms with Crippen molar-refractivity contribution in [3.05, 3.63) is 42.1 Å². The lowest BCUT2D eigenvalue weighted by atomic mass is 10.2. The third-order valence-electron chi connectivity index (χ3n) is 2.56. The van der Waals surface area contributed by atoms with Crippen molar-refractivity contribution in [2.24, 2.45) is 5.73 Å². The first-order chi connectivity index (χ1) is 9.25. The monoisotopic (exact) mass is 260 g/mol. The van der Waals surface area contributed by atoms with Crippen LogP contribution in [0.1, 0.15) is 5.56 Å². The predicted octanol–water partition coefficient (Wildman–Crippen LogP) is 2.35. The minimum atomic E-state index is 0.424. The Morgan fingerprint density at radius 1 is 1.00 bits per heavy atom. The van der Waals surface area contributed by atoms with E-state index in [1.165, 1.54) is 0 Å². The van der Waals surface area contributed by atoms with Gasteiger partial charge in [0.25, 0.3) is 0 Å². The quantitative estimate of drug-likeness (QED) is 0.893. The van der Waals surface area contributed by atoms with Crippen molar-refractivity contribution in [3.63, 3.8) is 0 Å². The van der Waals surface area contributed by atoms with Crippen molar-refractivity contribution in [3.8, 4) is 23.1 Å². The number of pyridine rings is 1. The Kier molecular flexibility index (Phi) is 4.20. The molecule has 0 aliphatic heterocycles. The van der Waals surface area contributed by atoms with Crippen molar-refractivity contribution >= 4 is 0 Å². The predicted molar refractivity (Wildman–Crippen MR) is 71.7 cm³/mol. The second-order valence-electron chi connectivity index (χ2n) is 3.86. The Morgan fingerprint density at radius 2 is 1.79 bits per heavy atom. The Balaban J connectivity index is 2.26. The first-order valence-corrected chi connectivity index (χ1v) is 5.81. The number of ether oxygens (including phenoxy) is 3. The molecule has 0 unspecified atom stereocenters. The molecule has 100 valence electrons. The van der Waals surface area contributed by atoms with Crippen LogP contribution < -0.4 is 19.9 Å². The van der Waals surface area contributed by atoms with E-state index in [0.717, 1.165) is 5.56 Å². The summed E-state index contributed by atoms with van der Waals surface area (Å²) >= 11 is 0. The summed E-state index contributed by atoms with van der Waals surface area (Å²) in [5, 5.41) is 0. The summed E-state index contributed by atoms with van der Waals surface area (Å²) in [5.41, 5.74) is 6.58. The minimum absolute atomic E-state index is 0.424. The fraction of sp³-hybridized carbons (Fsp3) is 0.214. The Labute approximate surface area is 111 Å². The number of rotatable bonds is 5. The van der Waals surface area contributed by atoms with Crippen molar-refractivity contribution in [1.82, 2.24) is 4.98 Å². The summed E-state index contributed by atoms with van der Waals surface area (Å²) in [5.74, 6) is 2.51. The lowest BCUT2D eigenvalue weighted by Crippen LogP contribution is -1.98. The lowest BCUT2D eigenvalue weighted by molar-refractivity contribution is 0.391. The van der Waals surface area contributed by atoms with E-state index in [-0.39, 0.29) is 0 Å². The normalized spacial score (nSPS) is 10.1. The highest BCUT2D eigenvalue weighted by molar-refractivity contribution is 5.41. The summed E-state index contributed by atoms with van der Waals surface area (Å²) in [7, 11) is 3.17. The first-order valence-electron chi connectivity index (χ1n) is 5.81. The van der Waals surface area contributed by atoms with Crippen LogP contribution in [-0.2, 0) is 6.54 Å². The number of methoxy groups -OCH3 is 2. The Bertz CT molecular complexity index is 536. The fourth-order valence-electron chi connectivity index (χ4n) is 1.63. The van der Waals surface area contributed by atoms with Gasteiger partial charge in [0, 0.05) is 24.9 Å². The molecule has 2 N–H and O–H groups in total. The van der Waals surface area contributed by atoms with Crippen LogP contribution in [0.4, 0.5) is 0 Å². The van der Waals surface area contributed by atoms with Crippen LogP contribution in [0.15, 0.2) is 36.5 Å². The molecule has 0 spiro atoms. The van der Waals surface area contributed by atoms with Crippen molar-refractivity contribution < 1.29 is 14.2 Å². The number of hydrogen-bond donors (Lipinski definition) is 1. The van der Waals surface area contributed by atoms with Gasteiger partial charge in [0.2, 0.25) is 5.88 Å². The maximum atomic E-state index is 5.75. The smallest absolute Gasteiger partial charge is 0.216 e. The van der Waals surface area contributed by atoms with Gasteiger partial charge in [0.15, 0.2) is 0 Å². The molecule has 0 saturated carbocycles. The number of hydrogen-bond acceptors (Lipinski definition) is 5. The van der Waals surface area contributed by atoms with Gasteiger partial charge in [0.1, 0.15) is 17.2 Å². The van der Waals surface area contributed by atoms with E-state index in [1.807, 2.05) is 12.1 Å². The van der Waals surface area contributed by atoms with Crippen LogP contribution in [0.5, 0.6) is 23.1 Å². The van der Waals surface area contributed by atoms with E-state index in [2.05, 4.69) is 4.98 Å². The molecule has 1 aromatic heterocycles. The lowest BCUT2D eigenvalue weighted by Gasteiger charge is -2.10. The van der Waals surface area contributed by atoms with E-state index >= 15 is 0 Å². The van der Waals surface area contributed by atoms with E-state index in [1.54, 1.807) is 38.6 Å². The average molecular weight is 260 g/mol. The molecule has 0 aliphatic rings. The molecule has 5 nitrogen and oxygen atoms in total. The molecule has 5 heteroatoms. The van der Waals surface area contributed by atoms with Crippen LogP contribution in [0.25, 0.3) is 0 Å². The molecule has 1 heterocycles. The van der Waals surface area contributed by atoms with Gasteiger partial charge in [0.05, 0.1) is 14.2 Å². The van der Waals surface area contributed by atoms with Crippen LogP contribution in [0.2, 0.25) is 0 Å². The van der Waals surface area contributed by atoms with Crippen molar-refractivity contribution in [2.45, 2.75) is 6.54 Å². The van der Waals surface area contributed by atoms with E-state index < -0.39 is 0 Å². The molecule has 0 saturated heterocycles.